The molecule has 0 aliphatic carbocycles. The molecule has 0 fully saturated rings. The molecular weight excluding hydrogens is 433 g/mol. The normalized spacial score (nSPS) is 10.9. The Labute approximate surface area is 181 Å². The fourth-order valence-corrected chi connectivity index (χ4v) is 3.29. The van der Waals surface area contributed by atoms with Crippen LogP contribution in [-0.2, 0) is 6.54 Å². The molecule has 0 bridgehead atoms. The first-order valence-corrected chi connectivity index (χ1v) is 9.70. The zero-order chi connectivity index (χ0) is 20.4. The lowest BCUT2D eigenvalue weighted by atomic mass is 10.1. The van der Waals surface area contributed by atoms with E-state index in [9.17, 15) is 4.79 Å². The van der Waals surface area contributed by atoms with Crippen molar-refractivity contribution in [1.82, 2.24) is 20.0 Å². The first kappa shape index (κ1) is 19.5. The first-order chi connectivity index (χ1) is 14.0. The van der Waals surface area contributed by atoms with Crippen LogP contribution in [0.2, 0.25) is 15.1 Å². The van der Waals surface area contributed by atoms with Gasteiger partial charge in [0.25, 0.3) is 5.91 Å². The zero-order valence-corrected chi connectivity index (χ0v) is 17.1. The highest BCUT2D eigenvalue weighted by Crippen LogP contribution is 2.28. The van der Waals surface area contributed by atoms with Gasteiger partial charge in [0, 0.05) is 16.8 Å². The standard InChI is InChI=1S/C20H14Cl3N5O/c21-14-3-1-2-12(6-14)10-28-11-15(9-24-28)25-20(29)19-8-18(26-27-19)13-4-5-16(22)17(23)7-13/h1-9,11H,10H2,(H,25,29)(H,26,27). The lowest BCUT2D eigenvalue weighted by Gasteiger charge is -2.02. The molecule has 4 rings (SSSR count). The monoisotopic (exact) mass is 445 g/mol. The van der Waals surface area contributed by atoms with Crippen molar-refractivity contribution < 1.29 is 4.79 Å². The summed E-state index contributed by atoms with van der Waals surface area (Å²) < 4.78 is 1.72. The number of carbonyl (C=O) groups is 1. The van der Waals surface area contributed by atoms with E-state index < -0.39 is 0 Å². The van der Waals surface area contributed by atoms with E-state index in [0.717, 1.165) is 11.1 Å². The van der Waals surface area contributed by atoms with Gasteiger partial charge < -0.3 is 5.32 Å². The SMILES string of the molecule is O=C(Nc1cnn(Cc2cccc(Cl)c2)c1)c1cc(-c2ccc(Cl)c(Cl)c2)n[nH]1. The number of anilines is 1. The molecule has 4 aromatic rings. The fourth-order valence-electron chi connectivity index (χ4n) is 2.78. The molecule has 0 saturated heterocycles. The third-order valence-corrected chi connectivity index (χ3v) is 5.14. The Bertz CT molecular complexity index is 1180. The predicted molar refractivity (Wildman–Crippen MR) is 115 cm³/mol. The molecule has 0 unspecified atom stereocenters. The van der Waals surface area contributed by atoms with Crippen LogP contribution in [0.1, 0.15) is 16.1 Å². The van der Waals surface area contributed by atoms with E-state index in [0.29, 0.717) is 38.7 Å². The molecule has 0 saturated carbocycles. The fraction of sp³-hybridized carbons (Fsp3) is 0.0500. The molecular formula is C20H14Cl3N5O. The third kappa shape index (κ3) is 4.62. The highest BCUT2D eigenvalue weighted by molar-refractivity contribution is 6.42. The number of nitrogens with zero attached hydrogens (tertiary/aromatic N) is 3. The number of aromatic amines is 1. The lowest BCUT2D eigenvalue weighted by Crippen LogP contribution is -2.11. The number of amides is 1. The van der Waals surface area contributed by atoms with Gasteiger partial charge in [0.15, 0.2) is 0 Å². The summed E-state index contributed by atoms with van der Waals surface area (Å²) in [7, 11) is 0. The number of hydrogen-bond acceptors (Lipinski definition) is 3. The average Bonchev–Trinajstić information content (AvgIpc) is 3.34. The molecule has 0 atom stereocenters. The summed E-state index contributed by atoms with van der Waals surface area (Å²) in [6.45, 7) is 0.544. The molecule has 2 N–H and O–H groups in total. The Morgan fingerprint density at radius 3 is 2.72 bits per heavy atom. The van der Waals surface area contributed by atoms with Crippen molar-refractivity contribution in [1.29, 1.82) is 0 Å². The summed E-state index contributed by atoms with van der Waals surface area (Å²) >= 11 is 18.0. The highest BCUT2D eigenvalue weighted by Gasteiger charge is 2.13. The summed E-state index contributed by atoms with van der Waals surface area (Å²) in [4.78, 5) is 12.5. The topological polar surface area (TPSA) is 75.6 Å². The maximum absolute atomic E-state index is 12.5. The molecule has 0 aliphatic heterocycles. The van der Waals surface area contributed by atoms with Crippen LogP contribution in [0.4, 0.5) is 5.69 Å². The van der Waals surface area contributed by atoms with Gasteiger partial charge in [-0.2, -0.15) is 10.2 Å². The van der Waals surface area contributed by atoms with Crippen LogP contribution in [0.3, 0.4) is 0 Å². The minimum absolute atomic E-state index is 0.314. The second kappa shape index (κ2) is 8.29. The third-order valence-electron chi connectivity index (χ3n) is 4.16. The van der Waals surface area contributed by atoms with E-state index >= 15 is 0 Å². The van der Waals surface area contributed by atoms with Gasteiger partial charge in [0.05, 0.1) is 34.2 Å². The highest BCUT2D eigenvalue weighted by atomic mass is 35.5. The Hall–Kier alpha value is -2.80. The van der Waals surface area contributed by atoms with Crippen molar-refractivity contribution in [3.8, 4) is 11.3 Å². The van der Waals surface area contributed by atoms with Crippen LogP contribution in [0.5, 0.6) is 0 Å². The van der Waals surface area contributed by atoms with Crippen LogP contribution >= 0.6 is 34.8 Å². The number of halogens is 3. The summed E-state index contributed by atoms with van der Waals surface area (Å²) in [5, 5.41) is 15.5. The van der Waals surface area contributed by atoms with Crippen molar-refractivity contribution in [2.75, 3.05) is 5.32 Å². The Kier molecular flexibility index (Phi) is 5.58. The van der Waals surface area contributed by atoms with Gasteiger partial charge in [-0.1, -0.05) is 53.0 Å². The molecule has 1 amide bonds. The average molecular weight is 447 g/mol. The number of hydrogen-bond donors (Lipinski definition) is 2. The van der Waals surface area contributed by atoms with E-state index in [4.69, 9.17) is 34.8 Å². The first-order valence-electron chi connectivity index (χ1n) is 8.57. The van der Waals surface area contributed by atoms with Crippen LogP contribution < -0.4 is 5.32 Å². The number of carbonyl (C=O) groups excluding carboxylic acids is 1. The molecule has 9 heteroatoms. The van der Waals surface area contributed by atoms with Gasteiger partial charge in [-0.05, 0) is 35.9 Å². The van der Waals surface area contributed by atoms with Gasteiger partial charge in [0.1, 0.15) is 5.69 Å². The number of rotatable bonds is 5. The minimum atomic E-state index is -0.328. The zero-order valence-electron chi connectivity index (χ0n) is 14.9. The quantitative estimate of drug-likeness (QED) is 0.423. The second-order valence-corrected chi connectivity index (χ2v) is 7.56. The number of nitrogens with one attached hydrogen (secondary N) is 2. The number of aromatic nitrogens is 4. The van der Waals surface area contributed by atoms with Crippen LogP contribution in [-0.4, -0.2) is 25.9 Å². The summed E-state index contributed by atoms with van der Waals surface area (Å²) in [5.41, 5.74) is 3.24. The van der Waals surface area contributed by atoms with Crippen molar-refractivity contribution >= 4 is 46.4 Å². The second-order valence-electron chi connectivity index (χ2n) is 6.31. The van der Waals surface area contributed by atoms with Gasteiger partial charge in [-0.25, -0.2) is 0 Å². The van der Waals surface area contributed by atoms with Crippen molar-refractivity contribution in [2.24, 2.45) is 0 Å². The Balaban J connectivity index is 1.44. The molecule has 146 valence electrons. The van der Waals surface area contributed by atoms with E-state index in [1.165, 1.54) is 0 Å². The van der Waals surface area contributed by atoms with Crippen LogP contribution in [0.15, 0.2) is 60.9 Å². The number of H-pyrrole nitrogens is 1. The van der Waals surface area contributed by atoms with E-state index in [-0.39, 0.29) is 5.91 Å². The minimum Gasteiger partial charge on any atom is -0.318 e. The van der Waals surface area contributed by atoms with Crippen molar-refractivity contribution in [3.05, 3.63) is 87.2 Å². The Morgan fingerprint density at radius 2 is 1.93 bits per heavy atom. The molecule has 2 aromatic carbocycles. The van der Waals surface area contributed by atoms with Gasteiger partial charge in [-0.15, -0.1) is 0 Å². The van der Waals surface area contributed by atoms with E-state index in [1.807, 2.05) is 24.3 Å². The Morgan fingerprint density at radius 1 is 1.07 bits per heavy atom. The molecule has 2 aromatic heterocycles. The number of benzene rings is 2. The van der Waals surface area contributed by atoms with Crippen LogP contribution in [0, 0.1) is 0 Å². The van der Waals surface area contributed by atoms with E-state index in [1.54, 1.807) is 41.3 Å². The van der Waals surface area contributed by atoms with Crippen molar-refractivity contribution in [3.63, 3.8) is 0 Å². The van der Waals surface area contributed by atoms with Gasteiger partial charge in [0.2, 0.25) is 0 Å². The van der Waals surface area contributed by atoms with Crippen LogP contribution in [0.25, 0.3) is 11.3 Å². The van der Waals surface area contributed by atoms with Gasteiger partial charge >= 0.3 is 0 Å². The summed E-state index contributed by atoms with van der Waals surface area (Å²) in [6.07, 6.45) is 3.33. The molecule has 0 radical (unpaired) electrons. The molecule has 0 aliphatic rings. The maximum Gasteiger partial charge on any atom is 0.273 e. The van der Waals surface area contributed by atoms with Crippen molar-refractivity contribution in [2.45, 2.75) is 6.54 Å². The van der Waals surface area contributed by atoms with Gasteiger partial charge in [-0.3, -0.25) is 14.6 Å². The molecule has 6 nitrogen and oxygen atoms in total. The summed E-state index contributed by atoms with van der Waals surface area (Å²) in [5.74, 6) is -0.328. The molecule has 2 heterocycles. The maximum atomic E-state index is 12.5. The summed E-state index contributed by atoms with van der Waals surface area (Å²) in [6, 6.07) is 14.3. The predicted octanol–water partition coefficient (Wildman–Crippen LogP) is 5.53. The lowest BCUT2D eigenvalue weighted by molar-refractivity contribution is 0.102. The largest absolute Gasteiger partial charge is 0.318 e. The molecule has 29 heavy (non-hydrogen) atoms. The smallest absolute Gasteiger partial charge is 0.273 e. The van der Waals surface area contributed by atoms with E-state index in [2.05, 4.69) is 20.6 Å². The molecule has 0 spiro atoms.